The van der Waals surface area contributed by atoms with Crippen LogP contribution in [-0.4, -0.2) is 35.2 Å². The van der Waals surface area contributed by atoms with Crippen molar-refractivity contribution < 1.29 is 0 Å². The fourth-order valence-corrected chi connectivity index (χ4v) is 2.61. The molecule has 21 heavy (non-hydrogen) atoms. The Morgan fingerprint density at radius 3 is 2.81 bits per heavy atom. The molecule has 0 unspecified atom stereocenters. The number of hydrogen-bond donors (Lipinski definition) is 0. The van der Waals surface area contributed by atoms with Gasteiger partial charge in [-0.1, -0.05) is 0 Å². The number of pyridine rings is 1. The van der Waals surface area contributed by atoms with Gasteiger partial charge in [0.05, 0.1) is 0 Å². The van der Waals surface area contributed by atoms with Gasteiger partial charge in [0, 0.05) is 38.5 Å². The summed E-state index contributed by atoms with van der Waals surface area (Å²) in [5, 5.41) is 8.03. The van der Waals surface area contributed by atoms with Gasteiger partial charge in [0.2, 0.25) is 0 Å². The lowest BCUT2D eigenvalue weighted by molar-refractivity contribution is 0.633. The van der Waals surface area contributed by atoms with Crippen LogP contribution in [0.5, 0.6) is 0 Å². The number of alkyl halides is 1. The quantitative estimate of drug-likeness (QED) is 0.675. The first-order chi connectivity index (χ1) is 10.2. The number of hydrogen-bond acceptors (Lipinski definition) is 4. The highest BCUT2D eigenvalue weighted by atomic mass is 35.5. The van der Waals surface area contributed by atoms with Crippen LogP contribution in [0.4, 0.5) is 0 Å². The minimum Gasteiger partial charge on any atom is -0.321 e. The Morgan fingerprint density at radius 1 is 1.24 bits per heavy atom. The van der Waals surface area contributed by atoms with Crippen LogP contribution in [0.3, 0.4) is 0 Å². The normalized spacial score (nSPS) is 11.4. The summed E-state index contributed by atoms with van der Waals surface area (Å²) in [6.45, 7) is 2.82. The van der Waals surface area contributed by atoms with E-state index in [-0.39, 0.29) is 0 Å². The van der Waals surface area contributed by atoms with Gasteiger partial charge in [-0.05, 0) is 18.6 Å². The Bertz CT molecular complexity index is 760. The second-order valence-electron chi connectivity index (χ2n) is 5.03. The standard InChI is InChI=1S/C14H17ClN6/c1-10-4-7-16-14-13(10)18-11(3-6-15)21(14)8-5-12-19-17-9-20(12)2/h4,7,9H,3,5-6,8H2,1-2H3. The molecule has 0 N–H and O–H groups in total. The van der Waals surface area contributed by atoms with Crippen LogP contribution in [0, 0.1) is 6.92 Å². The summed E-state index contributed by atoms with van der Waals surface area (Å²) in [6, 6.07) is 1.98. The maximum Gasteiger partial charge on any atom is 0.160 e. The number of aromatic nitrogens is 6. The van der Waals surface area contributed by atoms with Crippen molar-refractivity contribution in [3.8, 4) is 0 Å². The zero-order chi connectivity index (χ0) is 14.8. The molecular formula is C14H17ClN6. The largest absolute Gasteiger partial charge is 0.321 e. The third-order valence-corrected chi connectivity index (χ3v) is 3.79. The van der Waals surface area contributed by atoms with E-state index in [9.17, 15) is 0 Å². The molecule has 0 radical (unpaired) electrons. The van der Waals surface area contributed by atoms with Crippen molar-refractivity contribution in [2.75, 3.05) is 5.88 Å². The molecule has 0 saturated heterocycles. The molecule has 0 aliphatic heterocycles. The molecule has 0 aromatic carbocycles. The summed E-state index contributed by atoms with van der Waals surface area (Å²) in [4.78, 5) is 9.18. The van der Waals surface area contributed by atoms with Gasteiger partial charge in [0.1, 0.15) is 23.5 Å². The smallest absolute Gasteiger partial charge is 0.160 e. The van der Waals surface area contributed by atoms with E-state index >= 15 is 0 Å². The number of halogens is 1. The third kappa shape index (κ3) is 2.63. The van der Waals surface area contributed by atoms with Gasteiger partial charge in [-0.15, -0.1) is 21.8 Å². The first-order valence-electron chi connectivity index (χ1n) is 6.90. The predicted octanol–water partition coefficient (Wildman–Crippen LogP) is 1.89. The van der Waals surface area contributed by atoms with Crippen molar-refractivity contribution in [3.05, 3.63) is 35.8 Å². The second kappa shape index (κ2) is 5.81. The van der Waals surface area contributed by atoms with Crippen molar-refractivity contribution in [1.29, 1.82) is 0 Å². The molecule has 7 heteroatoms. The average Bonchev–Trinajstić information content (AvgIpc) is 3.02. The fraction of sp³-hybridized carbons (Fsp3) is 0.429. The zero-order valence-electron chi connectivity index (χ0n) is 12.1. The first-order valence-corrected chi connectivity index (χ1v) is 7.43. The van der Waals surface area contributed by atoms with E-state index in [2.05, 4.69) is 26.7 Å². The number of fused-ring (bicyclic) bond motifs is 1. The molecule has 3 aromatic heterocycles. The van der Waals surface area contributed by atoms with Gasteiger partial charge in [0.15, 0.2) is 5.65 Å². The Morgan fingerprint density at radius 2 is 2.10 bits per heavy atom. The summed E-state index contributed by atoms with van der Waals surface area (Å²) < 4.78 is 4.07. The molecule has 0 bridgehead atoms. The van der Waals surface area contributed by atoms with Crippen molar-refractivity contribution in [2.45, 2.75) is 26.3 Å². The Balaban J connectivity index is 1.97. The molecule has 110 valence electrons. The molecule has 3 rings (SSSR count). The van der Waals surface area contributed by atoms with E-state index in [0.717, 1.165) is 47.8 Å². The minimum atomic E-state index is 0.548. The van der Waals surface area contributed by atoms with Gasteiger partial charge < -0.3 is 9.13 Å². The van der Waals surface area contributed by atoms with E-state index in [0.29, 0.717) is 5.88 Å². The van der Waals surface area contributed by atoms with E-state index < -0.39 is 0 Å². The number of nitrogens with zero attached hydrogens (tertiary/aromatic N) is 6. The highest BCUT2D eigenvalue weighted by molar-refractivity contribution is 6.17. The molecule has 6 nitrogen and oxygen atoms in total. The lowest BCUT2D eigenvalue weighted by Gasteiger charge is -2.07. The number of imidazole rings is 1. The van der Waals surface area contributed by atoms with E-state index in [4.69, 9.17) is 16.6 Å². The topological polar surface area (TPSA) is 61.4 Å². The van der Waals surface area contributed by atoms with Crippen LogP contribution < -0.4 is 0 Å². The Hall–Kier alpha value is -1.95. The first kappa shape index (κ1) is 14.0. The summed E-state index contributed by atoms with van der Waals surface area (Å²) >= 11 is 5.90. The van der Waals surface area contributed by atoms with Crippen molar-refractivity contribution in [3.63, 3.8) is 0 Å². The third-order valence-electron chi connectivity index (χ3n) is 3.60. The lowest BCUT2D eigenvalue weighted by atomic mass is 10.3. The highest BCUT2D eigenvalue weighted by Crippen LogP contribution is 2.18. The molecule has 0 saturated carbocycles. The number of rotatable bonds is 5. The van der Waals surface area contributed by atoms with Gasteiger partial charge in [-0.3, -0.25) is 0 Å². The van der Waals surface area contributed by atoms with Crippen molar-refractivity contribution >= 4 is 22.8 Å². The zero-order valence-corrected chi connectivity index (χ0v) is 12.9. The molecule has 0 aliphatic carbocycles. The van der Waals surface area contributed by atoms with Crippen molar-refractivity contribution in [2.24, 2.45) is 7.05 Å². The number of aryl methyl sites for hydroxylation is 5. The molecule has 3 aromatic rings. The van der Waals surface area contributed by atoms with Gasteiger partial charge in [0.25, 0.3) is 0 Å². The van der Waals surface area contributed by atoms with Crippen LogP contribution in [0.1, 0.15) is 17.2 Å². The lowest BCUT2D eigenvalue weighted by Crippen LogP contribution is -2.10. The molecule has 3 heterocycles. The van der Waals surface area contributed by atoms with Gasteiger partial charge in [-0.25, -0.2) is 9.97 Å². The molecular weight excluding hydrogens is 288 g/mol. The molecule has 0 fully saturated rings. The average molecular weight is 305 g/mol. The van der Waals surface area contributed by atoms with Crippen molar-refractivity contribution in [1.82, 2.24) is 29.3 Å². The fourth-order valence-electron chi connectivity index (χ4n) is 2.44. The second-order valence-corrected chi connectivity index (χ2v) is 5.40. The summed E-state index contributed by atoms with van der Waals surface area (Å²) in [5.41, 5.74) is 3.00. The SMILES string of the molecule is Cc1ccnc2c1nc(CCCl)n2CCc1nncn1C. The highest BCUT2D eigenvalue weighted by Gasteiger charge is 2.13. The van der Waals surface area contributed by atoms with Crippen LogP contribution in [0.15, 0.2) is 18.6 Å². The molecule has 0 spiro atoms. The maximum atomic E-state index is 5.90. The maximum absolute atomic E-state index is 5.90. The molecule has 0 atom stereocenters. The Labute approximate surface area is 127 Å². The van der Waals surface area contributed by atoms with E-state index in [1.165, 1.54) is 0 Å². The van der Waals surface area contributed by atoms with Crippen LogP contribution in [0.2, 0.25) is 0 Å². The van der Waals surface area contributed by atoms with Crippen LogP contribution >= 0.6 is 11.6 Å². The molecule has 0 aliphatic rings. The van der Waals surface area contributed by atoms with Gasteiger partial charge >= 0.3 is 0 Å². The summed E-state index contributed by atoms with van der Waals surface area (Å²) in [7, 11) is 1.95. The predicted molar refractivity (Wildman–Crippen MR) is 81.4 cm³/mol. The summed E-state index contributed by atoms with van der Waals surface area (Å²) in [6.07, 6.45) is 5.05. The monoisotopic (exact) mass is 304 g/mol. The summed E-state index contributed by atoms with van der Waals surface area (Å²) in [5.74, 6) is 2.47. The van der Waals surface area contributed by atoms with E-state index in [1.54, 1.807) is 6.33 Å². The van der Waals surface area contributed by atoms with Crippen LogP contribution in [-0.2, 0) is 26.4 Å². The Kier molecular flexibility index (Phi) is 3.88. The van der Waals surface area contributed by atoms with E-state index in [1.807, 2.05) is 23.9 Å². The van der Waals surface area contributed by atoms with Gasteiger partial charge in [-0.2, -0.15) is 0 Å². The minimum absolute atomic E-state index is 0.548. The van der Waals surface area contributed by atoms with Crippen LogP contribution in [0.25, 0.3) is 11.2 Å². The molecule has 0 amide bonds.